The van der Waals surface area contributed by atoms with Crippen molar-refractivity contribution in [3.05, 3.63) is 35.4 Å². The summed E-state index contributed by atoms with van der Waals surface area (Å²) in [4.78, 5) is 0. The van der Waals surface area contributed by atoms with Crippen LogP contribution in [-0.2, 0) is 22.8 Å². The quantitative estimate of drug-likeness (QED) is 0.702. The van der Waals surface area contributed by atoms with Crippen molar-refractivity contribution in [1.82, 2.24) is 0 Å². The molecule has 0 aromatic heterocycles. The van der Waals surface area contributed by atoms with Crippen molar-refractivity contribution in [2.75, 3.05) is 0 Å². The van der Waals surface area contributed by atoms with Crippen LogP contribution in [0.15, 0.2) is 24.3 Å². The molecule has 0 aliphatic rings. The Kier molecular flexibility index (Phi) is 4.35. The Labute approximate surface area is 112 Å². The van der Waals surface area contributed by atoms with Gasteiger partial charge >= 0.3 is 0 Å². The lowest BCUT2D eigenvalue weighted by Crippen LogP contribution is -2.26. The highest BCUT2D eigenvalue weighted by atomic mass is 32.1. The van der Waals surface area contributed by atoms with Crippen molar-refractivity contribution in [2.24, 2.45) is 5.92 Å². The van der Waals surface area contributed by atoms with E-state index in [0.717, 1.165) is 0 Å². The van der Waals surface area contributed by atoms with Gasteiger partial charge in [-0.15, -0.1) is 0 Å². The molecule has 1 atom stereocenters. The van der Waals surface area contributed by atoms with Crippen LogP contribution >= 0.6 is 0 Å². The van der Waals surface area contributed by atoms with E-state index in [2.05, 4.69) is 78.4 Å². The normalized spacial score (nSPS) is 14.8. The maximum Gasteiger partial charge on any atom is 0.143 e. The summed E-state index contributed by atoms with van der Waals surface area (Å²) < 4.78 is 0.0546. The van der Waals surface area contributed by atoms with Crippen LogP contribution in [0.4, 0.5) is 0 Å². The molecule has 0 unspecified atom stereocenters. The first-order chi connectivity index (χ1) is 7.69. The van der Waals surface area contributed by atoms with Gasteiger partial charge in [0, 0.05) is 5.56 Å². The van der Waals surface area contributed by atoms with Crippen LogP contribution in [0.1, 0.15) is 59.1 Å². The first-order valence-electron chi connectivity index (χ1n) is 6.55. The van der Waals surface area contributed by atoms with Crippen molar-refractivity contribution in [1.29, 1.82) is 0 Å². The topological polar surface area (TPSA) is 0 Å². The second kappa shape index (κ2) is 5.06. The van der Waals surface area contributed by atoms with E-state index in [9.17, 15) is 0 Å². The van der Waals surface area contributed by atoms with Gasteiger partial charge in [0.05, 0.1) is 0 Å². The average molecular weight is 251 g/mol. The number of hydrogen-bond acceptors (Lipinski definition) is 0. The summed E-state index contributed by atoms with van der Waals surface area (Å²) >= 11 is 3.76. The molecular formula is C16H27S+. The largest absolute Gasteiger partial charge is 0.143 e. The van der Waals surface area contributed by atoms with E-state index < -0.39 is 0 Å². The first kappa shape index (κ1) is 14.6. The number of benzene rings is 1. The van der Waals surface area contributed by atoms with Crippen molar-refractivity contribution in [3.8, 4) is 0 Å². The van der Waals surface area contributed by atoms with Gasteiger partial charge < -0.3 is 0 Å². The molecule has 17 heavy (non-hydrogen) atoms. The predicted molar refractivity (Wildman–Crippen MR) is 82.1 cm³/mol. The fraction of sp³-hybridized carbons (Fsp3) is 0.625. The maximum absolute atomic E-state index is 3.76. The molecule has 0 amide bonds. The Hall–Kier alpha value is -0.430. The summed E-state index contributed by atoms with van der Waals surface area (Å²) in [5.41, 5.74) is 3.02. The van der Waals surface area contributed by atoms with Gasteiger partial charge in [-0.05, 0) is 43.4 Å². The van der Waals surface area contributed by atoms with E-state index in [1.54, 1.807) is 0 Å². The molecule has 1 rings (SSSR count). The molecule has 0 heterocycles. The third-order valence-corrected chi connectivity index (χ3v) is 4.48. The van der Waals surface area contributed by atoms with E-state index in [0.29, 0.717) is 5.92 Å². The molecule has 0 fully saturated rings. The van der Waals surface area contributed by atoms with Crippen molar-refractivity contribution >= 4 is 12.6 Å². The molecule has 1 aromatic rings. The summed E-state index contributed by atoms with van der Waals surface area (Å²) in [6, 6.07) is 9.05. The van der Waals surface area contributed by atoms with Crippen LogP contribution in [0.5, 0.6) is 0 Å². The van der Waals surface area contributed by atoms with Crippen LogP contribution in [0, 0.1) is 5.92 Å². The Balaban J connectivity index is 3.03. The lowest BCUT2D eigenvalue weighted by molar-refractivity contribution is 0.335. The smallest absolute Gasteiger partial charge is 0.0651 e. The zero-order chi connectivity index (χ0) is 13.3. The second-order valence-corrected chi connectivity index (χ2v) is 7.48. The Morgan fingerprint density at radius 2 is 1.41 bits per heavy atom. The highest BCUT2D eigenvalue weighted by Crippen LogP contribution is 2.34. The molecule has 0 bridgehead atoms. The minimum atomic E-state index is 0.0546. The minimum absolute atomic E-state index is 0.0546. The summed E-state index contributed by atoms with van der Waals surface area (Å²) in [5, 5.41) is 0. The molecule has 96 valence electrons. The van der Waals surface area contributed by atoms with Gasteiger partial charge in [0.2, 0.25) is 0 Å². The van der Waals surface area contributed by atoms with Gasteiger partial charge in [-0.25, -0.2) is 0 Å². The zero-order valence-corrected chi connectivity index (χ0v) is 13.1. The highest BCUT2D eigenvalue weighted by molar-refractivity contribution is 7.59. The van der Waals surface area contributed by atoms with E-state index in [-0.39, 0.29) is 10.2 Å². The molecule has 0 saturated carbocycles. The van der Waals surface area contributed by atoms with Crippen molar-refractivity contribution < 1.29 is 0 Å². The molecule has 1 aromatic carbocycles. The summed E-state index contributed by atoms with van der Waals surface area (Å²) in [6.07, 6.45) is 1.22. The molecule has 0 nitrogen and oxygen atoms in total. The van der Waals surface area contributed by atoms with E-state index in [1.807, 2.05) is 0 Å². The van der Waals surface area contributed by atoms with Crippen LogP contribution in [0.25, 0.3) is 0 Å². The van der Waals surface area contributed by atoms with Gasteiger partial charge in [-0.3, -0.25) is 0 Å². The molecular weight excluding hydrogens is 224 g/mol. The third kappa shape index (κ3) is 3.28. The molecule has 0 saturated heterocycles. The Morgan fingerprint density at radius 3 is 1.76 bits per heavy atom. The molecule has 0 aliphatic carbocycles. The average Bonchev–Trinajstić information content (AvgIpc) is 2.27. The first-order valence-corrected chi connectivity index (χ1v) is 7.05. The van der Waals surface area contributed by atoms with Gasteiger partial charge in [0.1, 0.15) is 4.75 Å². The molecule has 0 aliphatic heterocycles. The molecule has 0 spiro atoms. The number of rotatable bonds is 4. The summed E-state index contributed by atoms with van der Waals surface area (Å²) in [6.45, 7) is 13.6. The monoisotopic (exact) mass is 251 g/mol. The minimum Gasteiger partial charge on any atom is -0.0651 e. The lowest BCUT2D eigenvalue weighted by Gasteiger charge is -2.32. The van der Waals surface area contributed by atoms with E-state index >= 15 is 0 Å². The Morgan fingerprint density at radius 1 is 1.00 bits per heavy atom. The number of hydrogen-bond donors (Lipinski definition) is 0. The van der Waals surface area contributed by atoms with Crippen LogP contribution in [0.3, 0.4) is 0 Å². The SMILES string of the molecule is CC[C@@H](C)C(C)(C)c1ccc(C(C)(C)[SH2+])cc1. The van der Waals surface area contributed by atoms with Gasteiger partial charge in [-0.2, -0.15) is 0 Å². The van der Waals surface area contributed by atoms with Gasteiger partial charge in [0.15, 0.2) is 0 Å². The van der Waals surface area contributed by atoms with Crippen LogP contribution in [0.2, 0.25) is 0 Å². The second-order valence-electron chi connectivity index (χ2n) is 6.23. The maximum atomic E-state index is 3.76. The lowest BCUT2D eigenvalue weighted by atomic mass is 9.73. The van der Waals surface area contributed by atoms with Crippen LogP contribution in [-0.4, -0.2) is 0 Å². The van der Waals surface area contributed by atoms with E-state index in [1.165, 1.54) is 17.5 Å². The summed E-state index contributed by atoms with van der Waals surface area (Å²) in [7, 11) is 0. The zero-order valence-electron chi connectivity index (χ0n) is 12.1. The fourth-order valence-corrected chi connectivity index (χ4v) is 2.28. The van der Waals surface area contributed by atoms with Crippen molar-refractivity contribution in [3.63, 3.8) is 0 Å². The van der Waals surface area contributed by atoms with Gasteiger partial charge in [-0.1, -0.05) is 58.4 Å². The van der Waals surface area contributed by atoms with Gasteiger partial charge in [0.25, 0.3) is 0 Å². The highest BCUT2D eigenvalue weighted by Gasteiger charge is 2.27. The standard InChI is InChI=1S/C16H26S/c1-7-12(2)15(3,4)13-8-10-14(11-9-13)16(5,6)17/h8-12,17H,7H2,1-6H3/p+1/t12-/m1/s1. The molecule has 0 radical (unpaired) electrons. The molecule has 1 heteroatoms. The molecule has 0 N–H and O–H groups in total. The van der Waals surface area contributed by atoms with Crippen LogP contribution < -0.4 is 0 Å². The van der Waals surface area contributed by atoms with Crippen molar-refractivity contribution in [2.45, 2.75) is 58.1 Å². The summed E-state index contributed by atoms with van der Waals surface area (Å²) in [5.74, 6) is 0.699. The third-order valence-electron chi connectivity index (χ3n) is 4.19. The Bertz CT molecular complexity index is 354. The van der Waals surface area contributed by atoms with E-state index in [4.69, 9.17) is 0 Å². The fourth-order valence-electron chi connectivity index (χ4n) is 2.11. The predicted octanol–water partition coefficient (Wildman–Crippen LogP) is 4.26.